The third kappa shape index (κ3) is 2.34. The van der Waals surface area contributed by atoms with Crippen molar-refractivity contribution in [3.63, 3.8) is 0 Å². The maximum absolute atomic E-state index is 11.6. The minimum absolute atomic E-state index is 0.211. The highest BCUT2D eigenvalue weighted by Crippen LogP contribution is 2.26. The highest BCUT2D eigenvalue weighted by atomic mass is 32.2. The van der Waals surface area contributed by atoms with Gasteiger partial charge in [0.1, 0.15) is 0 Å². The van der Waals surface area contributed by atoms with E-state index in [4.69, 9.17) is 5.14 Å². The van der Waals surface area contributed by atoms with E-state index in [9.17, 15) is 8.42 Å². The van der Waals surface area contributed by atoms with Crippen molar-refractivity contribution in [1.29, 1.82) is 0 Å². The Morgan fingerprint density at radius 2 is 1.90 bits per heavy atom. The summed E-state index contributed by atoms with van der Waals surface area (Å²) >= 11 is 0. The fourth-order valence-corrected chi connectivity index (χ4v) is 2.85. The van der Waals surface area contributed by atoms with E-state index < -0.39 is 10.0 Å². The van der Waals surface area contributed by atoms with Crippen molar-refractivity contribution in [1.82, 2.24) is 24.5 Å². The Kier molecular flexibility index (Phi) is 3.65. The van der Waals surface area contributed by atoms with Crippen LogP contribution in [0.2, 0.25) is 0 Å². The Morgan fingerprint density at radius 1 is 1.25 bits per heavy atom. The van der Waals surface area contributed by atoms with Gasteiger partial charge in [0, 0.05) is 19.3 Å². The second-order valence-corrected chi connectivity index (χ2v) is 6.13. The minimum atomic E-state index is -3.90. The van der Waals surface area contributed by atoms with E-state index in [0.717, 1.165) is 23.4 Å². The molecule has 0 amide bonds. The average Bonchev–Trinajstić information content (AvgIpc) is 2.82. The Morgan fingerprint density at radius 3 is 2.35 bits per heavy atom. The van der Waals surface area contributed by atoms with Crippen LogP contribution in [0.25, 0.3) is 11.4 Å². The summed E-state index contributed by atoms with van der Waals surface area (Å²) in [7, 11) is -2.07. The summed E-state index contributed by atoms with van der Waals surface area (Å²) in [5.74, 6) is 0.485. The number of primary sulfonamides is 1. The molecule has 0 unspecified atom stereocenters. The van der Waals surface area contributed by atoms with Gasteiger partial charge < -0.3 is 0 Å². The number of nitrogens with two attached hydrogens (primary N) is 1. The summed E-state index contributed by atoms with van der Waals surface area (Å²) in [4.78, 5) is 0. The van der Waals surface area contributed by atoms with Gasteiger partial charge in [0.15, 0.2) is 5.82 Å². The first-order chi connectivity index (χ1) is 9.27. The van der Waals surface area contributed by atoms with Crippen molar-refractivity contribution < 1.29 is 8.42 Å². The van der Waals surface area contributed by atoms with Crippen LogP contribution in [0.5, 0.6) is 0 Å². The van der Waals surface area contributed by atoms with Crippen LogP contribution in [0, 0.1) is 13.8 Å². The third-order valence-corrected chi connectivity index (χ3v) is 3.96. The lowest BCUT2D eigenvalue weighted by Crippen LogP contribution is -2.19. The largest absolute Gasteiger partial charge is 0.297 e. The second-order valence-electron chi connectivity index (χ2n) is 4.67. The second kappa shape index (κ2) is 4.98. The Bertz CT molecular complexity index is 743. The lowest BCUT2D eigenvalue weighted by Gasteiger charge is -2.08. The van der Waals surface area contributed by atoms with Gasteiger partial charge in [-0.15, -0.1) is 10.2 Å². The molecule has 0 aliphatic carbocycles. The number of nitrogens with zero attached hydrogens (tertiary/aromatic N) is 5. The first-order valence-electron chi connectivity index (χ1n) is 6.24. The van der Waals surface area contributed by atoms with Crippen molar-refractivity contribution in [2.24, 2.45) is 12.2 Å². The number of hydrogen-bond donors (Lipinski definition) is 1. The van der Waals surface area contributed by atoms with Crippen LogP contribution >= 0.6 is 0 Å². The van der Waals surface area contributed by atoms with Crippen LogP contribution < -0.4 is 5.14 Å². The fourth-order valence-electron chi connectivity index (χ4n) is 2.21. The minimum Gasteiger partial charge on any atom is -0.297 e. The summed E-state index contributed by atoms with van der Waals surface area (Å²) in [5, 5.41) is 17.0. The molecular formula is C11H18N6O2S. The lowest BCUT2D eigenvalue weighted by atomic mass is 10.2. The van der Waals surface area contributed by atoms with Gasteiger partial charge in [-0.25, -0.2) is 13.6 Å². The summed E-state index contributed by atoms with van der Waals surface area (Å²) in [5.41, 5.74) is 2.47. The quantitative estimate of drug-likeness (QED) is 0.876. The van der Waals surface area contributed by atoms with Crippen LogP contribution in [0.3, 0.4) is 0 Å². The van der Waals surface area contributed by atoms with Gasteiger partial charge in [-0.2, -0.15) is 5.10 Å². The summed E-state index contributed by atoms with van der Waals surface area (Å²) < 4.78 is 26.4. The molecule has 110 valence electrons. The molecule has 8 nitrogen and oxygen atoms in total. The van der Waals surface area contributed by atoms with E-state index in [0.29, 0.717) is 12.4 Å². The summed E-state index contributed by atoms with van der Waals surface area (Å²) in [6.07, 6.45) is 0.742. The first-order valence-corrected chi connectivity index (χ1v) is 7.78. The molecular weight excluding hydrogens is 280 g/mol. The molecule has 9 heteroatoms. The monoisotopic (exact) mass is 298 g/mol. The number of rotatable bonds is 4. The zero-order chi connectivity index (χ0) is 15.1. The standard InChI is InChI=1S/C11H18N6O2S/c1-5-6-17-10(13-14-11(17)20(12,18)19)9-7(2)15-16(4)8(9)3/h5-6H2,1-4H3,(H2,12,18,19). The Labute approximate surface area is 117 Å². The zero-order valence-corrected chi connectivity index (χ0v) is 12.8. The summed E-state index contributed by atoms with van der Waals surface area (Å²) in [6, 6.07) is 0. The van der Waals surface area contributed by atoms with E-state index in [1.54, 1.807) is 4.68 Å². The van der Waals surface area contributed by atoms with Crippen molar-refractivity contribution in [3.05, 3.63) is 11.4 Å². The van der Waals surface area contributed by atoms with Gasteiger partial charge in [0.25, 0.3) is 15.2 Å². The van der Waals surface area contributed by atoms with E-state index in [2.05, 4.69) is 15.3 Å². The Balaban J connectivity index is 2.72. The van der Waals surface area contributed by atoms with Crippen LogP contribution in [0.4, 0.5) is 0 Å². The molecule has 0 aromatic carbocycles. The molecule has 0 fully saturated rings. The number of hydrogen-bond acceptors (Lipinski definition) is 5. The molecule has 2 N–H and O–H groups in total. The normalized spacial score (nSPS) is 12.1. The molecule has 0 spiro atoms. The predicted molar refractivity (Wildman–Crippen MR) is 73.4 cm³/mol. The van der Waals surface area contributed by atoms with Crippen molar-refractivity contribution in [2.75, 3.05) is 0 Å². The first kappa shape index (κ1) is 14.7. The maximum atomic E-state index is 11.6. The van der Waals surface area contributed by atoms with Gasteiger partial charge in [0.2, 0.25) is 0 Å². The SMILES string of the molecule is CCCn1c(-c2c(C)nn(C)c2C)nnc1S(N)(=O)=O. The predicted octanol–water partition coefficient (Wildman–Crippen LogP) is 0.353. The number of aryl methyl sites for hydroxylation is 2. The van der Waals surface area contributed by atoms with Crippen LogP contribution in [0.1, 0.15) is 24.7 Å². The van der Waals surface area contributed by atoms with Gasteiger partial charge in [-0.3, -0.25) is 9.25 Å². The average molecular weight is 298 g/mol. The molecule has 2 rings (SSSR count). The highest BCUT2D eigenvalue weighted by Gasteiger charge is 2.24. The maximum Gasteiger partial charge on any atom is 0.273 e. The molecule has 0 atom stereocenters. The molecule has 2 aromatic rings. The molecule has 0 radical (unpaired) electrons. The van der Waals surface area contributed by atoms with Gasteiger partial charge in [-0.1, -0.05) is 6.92 Å². The number of sulfonamides is 1. The Hall–Kier alpha value is -1.74. The molecule has 2 heterocycles. The highest BCUT2D eigenvalue weighted by molar-refractivity contribution is 7.89. The van der Waals surface area contributed by atoms with E-state index in [-0.39, 0.29) is 5.16 Å². The van der Waals surface area contributed by atoms with Crippen molar-refractivity contribution in [2.45, 2.75) is 38.9 Å². The number of aromatic nitrogens is 5. The van der Waals surface area contributed by atoms with Crippen LogP contribution in [-0.4, -0.2) is 33.0 Å². The molecule has 0 saturated carbocycles. The topological polar surface area (TPSA) is 109 Å². The van der Waals surface area contributed by atoms with E-state index in [1.807, 2.05) is 27.8 Å². The van der Waals surface area contributed by atoms with E-state index >= 15 is 0 Å². The molecule has 20 heavy (non-hydrogen) atoms. The van der Waals surface area contributed by atoms with Gasteiger partial charge >= 0.3 is 0 Å². The third-order valence-electron chi connectivity index (χ3n) is 3.15. The van der Waals surface area contributed by atoms with Crippen LogP contribution in [0.15, 0.2) is 5.16 Å². The van der Waals surface area contributed by atoms with Gasteiger partial charge in [0.05, 0.1) is 11.3 Å². The molecule has 0 saturated heterocycles. The molecule has 2 aromatic heterocycles. The van der Waals surface area contributed by atoms with E-state index in [1.165, 1.54) is 4.57 Å². The van der Waals surface area contributed by atoms with Crippen molar-refractivity contribution >= 4 is 10.0 Å². The molecule has 0 aliphatic heterocycles. The zero-order valence-electron chi connectivity index (χ0n) is 12.0. The van der Waals surface area contributed by atoms with Crippen molar-refractivity contribution in [3.8, 4) is 11.4 Å². The van der Waals surface area contributed by atoms with Crippen LogP contribution in [-0.2, 0) is 23.6 Å². The molecule has 0 bridgehead atoms. The van der Waals surface area contributed by atoms with Gasteiger partial charge in [-0.05, 0) is 20.3 Å². The molecule has 0 aliphatic rings. The lowest BCUT2D eigenvalue weighted by molar-refractivity contribution is 0.559. The fraction of sp³-hybridized carbons (Fsp3) is 0.545. The smallest absolute Gasteiger partial charge is 0.273 e. The summed E-state index contributed by atoms with van der Waals surface area (Å²) in [6.45, 7) is 6.17.